The van der Waals surface area contributed by atoms with Crippen molar-refractivity contribution >= 4 is 19.3 Å². The van der Waals surface area contributed by atoms with Gasteiger partial charge in [-0.1, -0.05) is 0 Å². The van der Waals surface area contributed by atoms with Crippen LogP contribution in [0.1, 0.15) is 11.3 Å². The van der Waals surface area contributed by atoms with E-state index in [1.807, 2.05) is 4.98 Å². The third-order valence-electron chi connectivity index (χ3n) is 1.89. The summed E-state index contributed by atoms with van der Waals surface area (Å²) in [5.41, 5.74) is 0.807. The predicted octanol–water partition coefficient (Wildman–Crippen LogP) is -2.60. The fourth-order valence-electron chi connectivity index (χ4n) is 1.04. The van der Waals surface area contributed by atoms with Crippen LogP contribution in [0.5, 0.6) is 0 Å². The lowest BCUT2D eigenvalue weighted by Crippen LogP contribution is -2.31. The molecule has 1 aromatic heterocycles. The summed E-state index contributed by atoms with van der Waals surface area (Å²) in [7, 11) is -2.14. The second kappa shape index (κ2) is 5.96. The number of rotatable bonds is 4. The van der Waals surface area contributed by atoms with E-state index >= 15 is 0 Å². The second-order valence-corrected chi connectivity index (χ2v) is 3.19. The van der Waals surface area contributed by atoms with Gasteiger partial charge in [-0.2, -0.15) is 0 Å². The molecular weight excluding hydrogens is 245 g/mol. The average molecular weight is 255 g/mol. The van der Waals surface area contributed by atoms with Crippen molar-refractivity contribution in [2.75, 3.05) is 0 Å². The molecule has 18 heavy (non-hydrogen) atoms. The van der Waals surface area contributed by atoms with Gasteiger partial charge in [-0.3, -0.25) is 19.3 Å². The van der Waals surface area contributed by atoms with Crippen LogP contribution in [-0.2, 0) is 9.55 Å². The molecule has 0 radical (unpaired) electrons. The highest BCUT2D eigenvalue weighted by atomic mass is 16.7. The zero-order valence-electron chi connectivity index (χ0n) is 9.26. The molecule has 0 saturated heterocycles. The SMILES string of the molecule is Cc1c(/C=C/C(=O)NOB(O)O)[nH]c(=O)[nH]c1=O. The Bertz CT molecular complexity index is 575. The fraction of sp³-hybridized carbons (Fsp3) is 0.125. The summed E-state index contributed by atoms with van der Waals surface area (Å²) in [5.74, 6) is -0.802. The first-order valence-corrected chi connectivity index (χ1v) is 4.73. The van der Waals surface area contributed by atoms with Crippen LogP contribution in [0.15, 0.2) is 15.7 Å². The molecule has 0 atom stereocenters. The molecule has 0 fully saturated rings. The smallest absolute Gasteiger partial charge is 0.400 e. The first kappa shape index (κ1) is 13.9. The molecule has 0 aromatic carbocycles. The molecule has 1 rings (SSSR count). The van der Waals surface area contributed by atoms with Crippen LogP contribution in [0, 0.1) is 6.92 Å². The number of H-pyrrole nitrogens is 2. The van der Waals surface area contributed by atoms with E-state index in [-0.39, 0.29) is 11.3 Å². The van der Waals surface area contributed by atoms with Gasteiger partial charge in [-0.05, 0) is 13.0 Å². The minimum absolute atomic E-state index is 0.156. The number of carbonyl (C=O) groups excluding carboxylic acids is 1. The zero-order chi connectivity index (χ0) is 13.7. The number of aromatic nitrogens is 2. The molecule has 5 N–H and O–H groups in total. The van der Waals surface area contributed by atoms with Crippen molar-refractivity contribution in [3.63, 3.8) is 0 Å². The van der Waals surface area contributed by atoms with E-state index in [0.717, 1.165) is 6.08 Å². The van der Waals surface area contributed by atoms with E-state index < -0.39 is 24.5 Å². The van der Waals surface area contributed by atoms with Crippen molar-refractivity contribution in [3.05, 3.63) is 38.2 Å². The molecule has 0 unspecified atom stereocenters. The maximum atomic E-state index is 11.2. The van der Waals surface area contributed by atoms with Crippen LogP contribution in [0.4, 0.5) is 0 Å². The molecule has 9 nitrogen and oxygen atoms in total. The van der Waals surface area contributed by atoms with Gasteiger partial charge in [0.05, 0.1) is 5.69 Å². The van der Waals surface area contributed by atoms with Crippen molar-refractivity contribution in [2.24, 2.45) is 0 Å². The molecular formula is C8H10BN3O6. The van der Waals surface area contributed by atoms with Gasteiger partial charge >= 0.3 is 13.0 Å². The van der Waals surface area contributed by atoms with Gasteiger partial charge in [0.25, 0.3) is 11.5 Å². The summed E-state index contributed by atoms with van der Waals surface area (Å²) in [4.78, 5) is 37.6. The van der Waals surface area contributed by atoms with Crippen LogP contribution in [-0.4, -0.2) is 33.2 Å². The number of hydrogen-bond acceptors (Lipinski definition) is 6. The molecule has 0 spiro atoms. The summed E-state index contributed by atoms with van der Waals surface area (Å²) in [6.45, 7) is 1.46. The van der Waals surface area contributed by atoms with E-state index in [9.17, 15) is 14.4 Å². The van der Waals surface area contributed by atoms with Crippen LogP contribution in [0.25, 0.3) is 6.08 Å². The molecule has 1 amide bonds. The van der Waals surface area contributed by atoms with Crippen molar-refractivity contribution in [1.82, 2.24) is 15.4 Å². The standard InChI is InChI=1S/C8H10BN3O6/c1-4-5(10-8(15)11-7(4)14)2-3-6(13)12-18-9(16)17/h2-3,16-17H,1H3,(H,12,13)(H2,10,11,14,15)/b3-2+. The number of carbonyl (C=O) groups is 1. The number of amides is 1. The lowest BCUT2D eigenvalue weighted by molar-refractivity contribution is -0.124. The topological polar surface area (TPSA) is 145 Å². The predicted molar refractivity (Wildman–Crippen MR) is 60.9 cm³/mol. The Morgan fingerprint density at radius 1 is 1.39 bits per heavy atom. The van der Waals surface area contributed by atoms with Gasteiger partial charge < -0.3 is 15.0 Å². The van der Waals surface area contributed by atoms with E-state index in [0.29, 0.717) is 0 Å². The highest BCUT2D eigenvalue weighted by molar-refractivity contribution is 6.32. The molecule has 1 heterocycles. The van der Waals surface area contributed by atoms with E-state index in [1.165, 1.54) is 13.0 Å². The molecule has 0 aliphatic rings. The third-order valence-corrected chi connectivity index (χ3v) is 1.89. The second-order valence-electron chi connectivity index (χ2n) is 3.19. The minimum Gasteiger partial charge on any atom is -0.400 e. The fourth-order valence-corrected chi connectivity index (χ4v) is 1.04. The Hall–Kier alpha value is -2.17. The molecule has 0 saturated carbocycles. The van der Waals surface area contributed by atoms with E-state index in [4.69, 9.17) is 10.0 Å². The summed E-state index contributed by atoms with van der Waals surface area (Å²) in [6.07, 6.45) is 2.12. The lowest BCUT2D eigenvalue weighted by Gasteiger charge is -2.01. The molecule has 10 heteroatoms. The number of nitrogens with one attached hydrogen (secondary N) is 3. The van der Waals surface area contributed by atoms with Crippen molar-refractivity contribution in [1.29, 1.82) is 0 Å². The van der Waals surface area contributed by atoms with Crippen LogP contribution in [0.3, 0.4) is 0 Å². The van der Waals surface area contributed by atoms with Crippen molar-refractivity contribution in [2.45, 2.75) is 6.92 Å². The van der Waals surface area contributed by atoms with Crippen LogP contribution in [0.2, 0.25) is 0 Å². The first-order chi connectivity index (χ1) is 8.40. The average Bonchev–Trinajstić information content (AvgIpc) is 2.29. The molecule has 0 aliphatic carbocycles. The Balaban J connectivity index is 2.82. The molecule has 96 valence electrons. The Kier molecular flexibility index (Phi) is 4.60. The highest BCUT2D eigenvalue weighted by Gasteiger charge is 2.09. The van der Waals surface area contributed by atoms with E-state index in [2.05, 4.69) is 9.74 Å². The third kappa shape index (κ3) is 4.01. The molecule has 1 aromatic rings. The molecule has 0 aliphatic heterocycles. The zero-order valence-corrected chi connectivity index (χ0v) is 9.26. The minimum atomic E-state index is -2.14. The van der Waals surface area contributed by atoms with Gasteiger partial charge in [0.2, 0.25) is 0 Å². The quantitative estimate of drug-likeness (QED) is 0.226. The molecule has 0 bridgehead atoms. The van der Waals surface area contributed by atoms with Gasteiger partial charge in [-0.15, -0.1) is 0 Å². The maximum absolute atomic E-state index is 11.2. The van der Waals surface area contributed by atoms with Gasteiger partial charge in [-0.25, -0.2) is 10.3 Å². The summed E-state index contributed by atoms with van der Waals surface area (Å²) in [5, 5.41) is 16.6. The van der Waals surface area contributed by atoms with Crippen molar-refractivity contribution in [3.8, 4) is 0 Å². The number of hydrogen-bond donors (Lipinski definition) is 5. The Morgan fingerprint density at radius 2 is 2.06 bits per heavy atom. The summed E-state index contributed by atoms with van der Waals surface area (Å²) < 4.78 is 3.99. The number of hydroxylamine groups is 1. The van der Waals surface area contributed by atoms with Crippen molar-refractivity contribution < 1.29 is 19.6 Å². The van der Waals surface area contributed by atoms with Gasteiger partial charge in [0.15, 0.2) is 0 Å². The monoisotopic (exact) mass is 255 g/mol. The number of aromatic amines is 2. The summed E-state index contributed by atoms with van der Waals surface area (Å²) in [6, 6.07) is 0. The largest absolute Gasteiger partial charge is 0.656 e. The van der Waals surface area contributed by atoms with Crippen LogP contribution >= 0.6 is 0 Å². The summed E-state index contributed by atoms with van der Waals surface area (Å²) >= 11 is 0. The van der Waals surface area contributed by atoms with E-state index in [1.54, 1.807) is 5.48 Å². The maximum Gasteiger partial charge on any atom is 0.656 e. The lowest BCUT2D eigenvalue weighted by atomic mass is 10.2. The van der Waals surface area contributed by atoms with Crippen LogP contribution < -0.4 is 16.7 Å². The highest BCUT2D eigenvalue weighted by Crippen LogP contribution is 1.97. The van der Waals surface area contributed by atoms with Gasteiger partial charge in [0, 0.05) is 11.6 Å². The first-order valence-electron chi connectivity index (χ1n) is 4.73. The Labute approximate surface area is 100 Å². The Morgan fingerprint density at radius 3 is 2.67 bits per heavy atom. The van der Waals surface area contributed by atoms with Gasteiger partial charge in [0.1, 0.15) is 0 Å². The normalized spacial score (nSPS) is 10.6.